The lowest BCUT2D eigenvalue weighted by molar-refractivity contribution is -0.116. The van der Waals surface area contributed by atoms with E-state index in [1.165, 1.54) is 17.7 Å². The number of aryl methyl sites for hydroxylation is 1. The predicted octanol–water partition coefficient (Wildman–Crippen LogP) is 3.81. The second-order valence-corrected chi connectivity index (χ2v) is 7.76. The van der Waals surface area contributed by atoms with Crippen molar-refractivity contribution in [3.05, 3.63) is 46.5 Å². The van der Waals surface area contributed by atoms with Gasteiger partial charge in [0.15, 0.2) is 5.13 Å². The highest BCUT2D eigenvalue weighted by Crippen LogP contribution is 2.33. The molecule has 5 nitrogen and oxygen atoms in total. The fraction of sp³-hybridized carbons (Fsp3) is 0.450. The maximum atomic E-state index is 12.1. The zero-order chi connectivity index (χ0) is 18.4. The normalized spacial score (nSPS) is 16.0. The topological polar surface area (TPSA) is 71.1 Å². The third kappa shape index (κ3) is 4.91. The van der Waals surface area contributed by atoms with Gasteiger partial charge in [-0.15, -0.1) is 11.3 Å². The van der Waals surface area contributed by atoms with E-state index in [0.29, 0.717) is 30.1 Å². The SMILES string of the molecule is CCC1CCc2nc(NC(=O)CCCNC(=O)c3ccccc3)sc2C1. The summed E-state index contributed by atoms with van der Waals surface area (Å²) in [6.45, 7) is 2.71. The number of thiazole rings is 1. The smallest absolute Gasteiger partial charge is 0.251 e. The van der Waals surface area contributed by atoms with Crippen LogP contribution in [0.5, 0.6) is 0 Å². The number of hydrogen-bond donors (Lipinski definition) is 2. The van der Waals surface area contributed by atoms with E-state index in [0.717, 1.165) is 24.5 Å². The van der Waals surface area contributed by atoms with E-state index in [9.17, 15) is 9.59 Å². The molecule has 0 saturated heterocycles. The van der Waals surface area contributed by atoms with Crippen LogP contribution in [0.4, 0.5) is 5.13 Å². The number of benzene rings is 1. The lowest BCUT2D eigenvalue weighted by Crippen LogP contribution is -2.25. The van der Waals surface area contributed by atoms with Crippen molar-refractivity contribution in [1.82, 2.24) is 10.3 Å². The quantitative estimate of drug-likeness (QED) is 0.727. The molecule has 138 valence electrons. The number of anilines is 1. The molecule has 6 heteroatoms. The van der Waals surface area contributed by atoms with Crippen LogP contribution in [0.2, 0.25) is 0 Å². The van der Waals surface area contributed by atoms with E-state index in [1.54, 1.807) is 23.5 Å². The fourth-order valence-corrected chi connectivity index (χ4v) is 4.31. The van der Waals surface area contributed by atoms with Crippen LogP contribution < -0.4 is 10.6 Å². The van der Waals surface area contributed by atoms with Gasteiger partial charge in [-0.3, -0.25) is 9.59 Å². The standard InChI is InChI=1S/C20H25N3O2S/c1-2-14-10-11-16-17(13-14)26-20(22-16)23-18(24)9-6-12-21-19(25)15-7-4-3-5-8-15/h3-5,7-8,14H,2,6,9-13H2,1H3,(H,21,25)(H,22,23,24). The summed E-state index contributed by atoms with van der Waals surface area (Å²) < 4.78 is 0. The third-order valence-corrected chi connectivity index (χ3v) is 5.80. The highest BCUT2D eigenvalue weighted by atomic mass is 32.1. The minimum absolute atomic E-state index is 0.0444. The molecule has 2 N–H and O–H groups in total. The van der Waals surface area contributed by atoms with E-state index in [4.69, 9.17) is 0 Å². The van der Waals surface area contributed by atoms with E-state index in [2.05, 4.69) is 22.5 Å². The summed E-state index contributed by atoms with van der Waals surface area (Å²) in [6.07, 6.45) is 5.48. The number of carbonyl (C=O) groups excluding carboxylic acids is 2. The van der Waals surface area contributed by atoms with Crippen molar-refractivity contribution < 1.29 is 9.59 Å². The summed E-state index contributed by atoms with van der Waals surface area (Å²) in [5, 5.41) is 6.46. The Bertz CT molecular complexity index is 758. The largest absolute Gasteiger partial charge is 0.352 e. The van der Waals surface area contributed by atoms with Crippen molar-refractivity contribution in [3.8, 4) is 0 Å². The zero-order valence-corrected chi connectivity index (χ0v) is 15.9. The highest BCUT2D eigenvalue weighted by molar-refractivity contribution is 7.15. The first-order chi connectivity index (χ1) is 12.7. The number of hydrogen-bond acceptors (Lipinski definition) is 4. The van der Waals surface area contributed by atoms with Gasteiger partial charge in [0, 0.05) is 23.4 Å². The number of nitrogens with one attached hydrogen (secondary N) is 2. The fourth-order valence-electron chi connectivity index (χ4n) is 3.17. The van der Waals surface area contributed by atoms with Gasteiger partial charge in [0.2, 0.25) is 5.91 Å². The monoisotopic (exact) mass is 371 g/mol. The molecule has 1 aromatic heterocycles. The molecule has 1 aliphatic rings. The molecule has 1 aromatic carbocycles. The molecule has 0 spiro atoms. The summed E-state index contributed by atoms with van der Waals surface area (Å²) in [4.78, 5) is 29.9. The van der Waals surface area contributed by atoms with Crippen LogP contribution in [0.25, 0.3) is 0 Å². The van der Waals surface area contributed by atoms with Crippen LogP contribution in [0.1, 0.15) is 53.5 Å². The van der Waals surface area contributed by atoms with Gasteiger partial charge in [-0.25, -0.2) is 4.98 Å². The van der Waals surface area contributed by atoms with E-state index < -0.39 is 0 Å². The first kappa shape index (κ1) is 18.6. The first-order valence-corrected chi connectivity index (χ1v) is 10.1. The average Bonchev–Trinajstić information content (AvgIpc) is 3.06. The minimum atomic E-state index is -0.107. The van der Waals surface area contributed by atoms with Crippen LogP contribution in [-0.2, 0) is 17.6 Å². The van der Waals surface area contributed by atoms with Crippen molar-refractivity contribution in [2.24, 2.45) is 5.92 Å². The number of nitrogens with zero attached hydrogens (tertiary/aromatic N) is 1. The van der Waals surface area contributed by atoms with Crippen LogP contribution >= 0.6 is 11.3 Å². The van der Waals surface area contributed by atoms with Gasteiger partial charge in [-0.2, -0.15) is 0 Å². The van der Waals surface area contributed by atoms with Crippen LogP contribution in [0, 0.1) is 5.92 Å². The van der Waals surface area contributed by atoms with E-state index >= 15 is 0 Å². The molecular weight excluding hydrogens is 346 g/mol. The number of aromatic nitrogens is 1. The zero-order valence-electron chi connectivity index (χ0n) is 15.1. The maximum absolute atomic E-state index is 12.1. The third-order valence-electron chi connectivity index (χ3n) is 4.77. The molecule has 0 saturated carbocycles. The van der Waals surface area contributed by atoms with Crippen molar-refractivity contribution in [2.75, 3.05) is 11.9 Å². The molecular formula is C20H25N3O2S. The molecule has 1 unspecified atom stereocenters. The summed E-state index contributed by atoms with van der Waals surface area (Å²) >= 11 is 1.61. The van der Waals surface area contributed by atoms with E-state index in [-0.39, 0.29) is 11.8 Å². The van der Waals surface area contributed by atoms with Crippen molar-refractivity contribution in [2.45, 2.75) is 45.4 Å². The van der Waals surface area contributed by atoms with Gasteiger partial charge in [0.1, 0.15) is 0 Å². The Labute approximate surface area is 158 Å². The number of carbonyl (C=O) groups is 2. The Hall–Kier alpha value is -2.21. The molecule has 1 atom stereocenters. The molecule has 0 radical (unpaired) electrons. The van der Waals surface area contributed by atoms with Crippen LogP contribution in [-0.4, -0.2) is 23.3 Å². The van der Waals surface area contributed by atoms with Gasteiger partial charge in [-0.05, 0) is 43.7 Å². The number of amides is 2. The van der Waals surface area contributed by atoms with Crippen LogP contribution in [0.3, 0.4) is 0 Å². The Balaban J connectivity index is 1.40. The summed E-state index contributed by atoms with van der Waals surface area (Å²) in [6, 6.07) is 9.09. The summed E-state index contributed by atoms with van der Waals surface area (Å²) in [7, 11) is 0. The molecule has 0 fully saturated rings. The van der Waals surface area contributed by atoms with Gasteiger partial charge < -0.3 is 10.6 Å². The van der Waals surface area contributed by atoms with Crippen LogP contribution in [0.15, 0.2) is 30.3 Å². The molecule has 0 bridgehead atoms. The molecule has 1 heterocycles. The van der Waals surface area contributed by atoms with Crippen molar-refractivity contribution in [3.63, 3.8) is 0 Å². The summed E-state index contributed by atoms with van der Waals surface area (Å²) in [5.41, 5.74) is 1.79. The Morgan fingerprint density at radius 1 is 1.27 bits per heavy atom. The Morgan fingerprint density at radius 3 is 2.85 bits per heavy atom. The van der Waals surface area contributed by atoms with Crippen molar-refractivity contribution in [1.29, 1.82) is 0 Å². The van der Waals surface area contributed by atoms with E-state index in [1.807, 2.05) is 18.2 Å². The Kier molecular flexibility index (Phi) is 6.39. The molecule has 26 heavy (non-hydrogen) atoms. The summed E-state index contributed by atoms with van der Waals surface area (Å²) in [5.74, 6) is 0.598. The number of rotatable bonds is 7. The maximum Gasteiger partial charge on any atom is 0.251 e. The number of fused-ring (bicyclic) bond motifs is 1. The molecule has 2 amide bonds. The van der Waals surface area contributed by atoms with Gasteiger partial charge in [0.05, 0.1) is 5.69 Å². The lowest BCUT2D eigenvalue weighted by atomic mass is 9.89. The van der Waals surface area contributed by atoms with Gasteiger partial charge in [-0.1, -0.05) is 31.5 Å². The molecule has 2 aromatic rings. The minimum Gasteiger partial charge on any atom is -0.352 e. The molecule has 3 rings (SSSR count). The van der Waals surface area contributed by atoms with Gasteiger partial charge >= 0.3 is 0 Å². The first-order valence-electron chi connectivity index (χ1n) is 9.27. The second kappa shape index (κ2) is 8.94. The average molecular weight is 372 g/mol. The predicted molar refractivity (Wildman–Crippen MR) is 105 cm³/mol. The molecule has 0 aliphatic heterocycles. The van der Waals surface area contributed by atoms with Gasteiger partial charge in [0.25, 0.3) is 5.91 Å². The van der Waals surface area contributed by atoms with Crippen molar-refractivity contribution >= 4 is 28.3 Å². The second-order valence-electron chi connectivity index (χ2n) is 6.68. The highest BCUT2D eigenvalue weighted by Gasteiger charge is 2.21. The Morgan fingerprint density at radius 2 is 2.08 bits per heavy atom. The molecule has 1 aliphatic carbocycles. The lowest BCUT2D eigenvalue weighted by Gasteiger charge is -2.18.